The Morgan fingerprint density at radius 2 is 1.73 bits per heavy atom. The van der Waals surface area contributed by atoms with Gasteiger partial charge in [0.1, 0.15) is 11.6 Å². The van der Waals surface area contributed by atoms with Gasteiger partial charge in [-0.25, -0.2) is 0 Å². The second kappa shape index (κ2) is 6.04. The van der Waals surface area contributed by atoms with E-state index in [4.69, 9.17) is 5.73 Å². The molecule has 0 aliphatic rings. The van der Waals surface area contributed by atoms with Crippen molar-refractivity contribution in [3.8, 4) is 0 Å². The minimum atomic E-state index is 0.0774. The molecule has 2 N–H and O–H groups in total. The number of unbranched alkanes of at least 4 members (excludes halogenated alkanes) is 1. The summed E-state index contributed by atoms with van der Waals surface area (Å²) in [7, 11) is 0. The van der Waals surface area contributed by atoms with Gasteiger partial charge >= 0.3 is 0 Å². The van der Waals surface area contributed by atoms with Crippen LogP contribution in [0.4, 0.5) is 0 Å². The second-order valence-electron chi connectivity index (χ2n) is 2.65. The number of nitrogens with two attached hydrogens (primary N) is 1. The number of Topliss-reactive ketones (excluding diaryl/α,β-unsaturated/α-hetero) is 2. The van der Waals surface area contributed by atoms with Crippen LogP contribution >= 0.6 is 0 Å². The molecule has 0 aliphatic heterocycles. The van der Waals surface area contributed by atoms with E-state index in [1.165, 1.54) is 0 Å². The fourth-order valence-corrected chi connectivity index (χ4v) is 0.798. The van der Waals surface area contributed by atoms with Crippen LogP contribution in [-0.2, 0) is 9.59 Å². The molecule has 0 spiro atoms. The number of hydrogen-bond donors (Lipinski definition) is 1. The first-order valence-corrected chi connectivity index (χ1v) is 3.88. The summed E-state index contributed by atoms with van der Waals surface area (Å²) in [6.45, 7) is 1.69. The van der Waals surface area contributed by atoms with Crippen LogP contribution in [0, 0.1) is 0 Å². The largest absolute Gasteiger partial charge is 0.324 e. The monoisotopic (exact) mass is 157 g/mol. The van der Waals surface area contributed by atoms with Crippen molar-refractivity contribution in [3.05, 3.63) is 0 Å². The van der Waals surface area contributed by atoms with Gasteiger partial charge in [0.25, 0.3) is 0 Å². The molecule has 0 unspecified atom stereocenters. The molecule has 0 aromatic carbocycles. The van der Waals surface area contributed by atoms with Gasteiger partial charge in [-0.1, -0.05) is 0 Å². The highest BCUT2D eigenvalue weighted by Crippen LogP contribution is 2.00. The first-order chi connectivity index (χ1) is 5.16. The molecule has 0 aromatic rings. The first kappa shape index (κ1) is 10.3. The molecular weight excluding hydrogens is 142 g/mol. The molecule has 3 nitrogen and oxygen atoms in total. The van der Waals surface area contributed by atoms with Crippen LogP contribution in [0.2, 0.25) is 0 Å². The fraction of sp³-hybridized carbons (Fsp3) is 0.750. The lowest BCUT2D eigenvalue weighted by atomic mass is 10.1. The lowest BCUT2D eigenvalue weighted by molar-refractivity contribution is -0.119. The Hall–Kier alpha value is -0.700. The van der Waals surface area contributed by atoms with E-state index in [-0.39, 0.29) is 18.1 Å². The molecular formula is C8H15NO2. The van der Waals surface area contributed by atoms with Gasteiger partial charge in [0.05, 0.1) is 6.54 Å². The van der Waals surface area contributed by atoms with Crippen LogP contribution < -0.4 is 5.73 Å². The van der Waals surface area contributed by atoms with Gasteiger partial charge in [0, 0.05) is 12.8 Å². The molecule has 0 heterocycles. The third kappa shape index (κ3) is 7.19. The Kier molecular flexibility index (Phi) is 5.65. The van der Waals surface area contributed by atoms with Gasteiger partial charge < -0.3 is 10.5 Å². The maximum atomic E-state index is 10.6. The van der Waals surface area contributed by atoms with Gasteiger partial charge in [-0.3, -0.25) is 4.79 Å². The summed E-state index contributed by atoms with van der Waals surface area (Å²) < 4.78 is 0. The molecule has 0 rings (SSSR count). The van der Waals surface area contributed by atoms with Gasteiger partial charge in [0.15, 0.2) is 0 Å². The zero-order valence-corrected chi connectivity index (χ0v) is 6.93. The van der Waals surface area contributed by atoms with Crippen LogP contribution in [0.25, 0.3) is 0 Å². The van der Waals surface area contributed by atoms with Crippen LogP contribution in [-0.4, -0.2) is 18.1 Å². The van der Waals surface area contributed by atoms with E-state index in [9.17, 15) is 9.59 Å². The molecule has 0 radical (unpaired) electrons. The van der Waals surface area contributed by atoms with Crippen molar-refractivity contribution in [3.63, 3.8) is 0 Å². The van der Waals surface area contributed by atoms with Gasteiger partial charge in [-0.05, 0) is 19.8 Å². The number of rotatable bonds is 6. The molecule has 11 heavy (non-hydrogen) atoms. The number of carbonyl (C=O) groups is 2. The third-order valence-electron chi connectivity index (χ3n) is 1.46. The average molecular weight is 157 g/mol. The molecule has 0 aliphatic carbocycles. The normalized spacial score (nSPS) is 9.64. The van der Waals surface area contributed by atoms with E-state index in [1.54, 1.807) is 6.92 Å². The van der Waals surface area contributed by atoms with Gasteiger partial charge in [-0.15, -0.1) is 0 Å². The zero-order valence-electron chi connectivity index (χ0n) is 6.93. The summed E-state index contributed by atoms with van der Waals surface area (Å²) in [5.41, 5.74) is 5.10. The van der Waals surface area contributed by atoms with Crippen LogP contribution in [0.5, 0.6) is 0 Å². The van der Waals surface area contributed by atoms with Crippen molar-refractivity contribution >= 4 is 11.6 Å². The quantitative estimate of drug-likeness (QED) is 0.576. The van der Waals surface area contributed by atoms with Crippen molar-refractivity contribution in [1.82, 2.24) is 0 Å². The molecule has 0 bridgehead atoms. The predicted molar refractivity (Wildman–Crippen MR) is 43.2 cm³/mol. The Morgan fingerprint density at radius 1 is 1.18 bits per heavy atom. The maximum absolute atomic E-state index is 10.6. The Bertz CT molecular complexity index is 143. The third-order valence-corrected chi connectivity index (χ3v) is 1.46. The fourth-order valence-electron chi connectivity index (χ4n) is 0.798. The number of hydrogen-bond acceptors (Lipinski definition) is 3. The summed E-state index contributed by atoms with van der Waals surface area (Å²) in [5, 5.41) is 0. The predicted octanol–water partition coefficient (Wildman–Crippen LogP) is 0.664. The number of ketones is 2. The summed E-state index contributed by atoms with van der Waals surface area (Å²) in [6.07, 6.45) is 2.69. The lowest BCUT2D eigenvalue weighted by Crippen LogP contribution is -2.12. The molecule has 0 amide bonds. The Morgan fingerprint density at radius 3 is 2.18 bits per heavy atom. The average Bonchev–Trinajstić information content (AvgIpc) is 1.97. The van der Waals surface area contributed by atoms with Crippen LogP contribution in [0.15, 0.2) is 0 Å². The molecule has 0 atom stereocenters. The summed E-state index contributed by atoms with van der Waals surface area (Å²) in [5.74, 6) is 0.263. The summed E-state index contributed by atoms with van der Waals surface area (Å²) in [6, 6.07) is 0. The maximum Gasteiger partial charge on any atom is 0.146 e. The topological polar surface area (TPSA) is 60.2 Å². The van der Waals surface area contributed by atoms with Crippen molar-refractivity contribution in [2.75, 3.05) is 6.54 Å². The van der Waals surface area contributed by atoms with E-state index in [0.717, 1.165) is 12.8 Å². The van der Waals surface area contributed by atoms with E-state index >= 15 is 0 Å². The molecule has 0 aromatic heterocycles. The van der Waals surface area contributed by atoms with Crippen molar-refractivity contribution < 1.29 is 9.59 Å². The first-order valence-electron chi connectivity index (χ1n) is 3.88. The summed E-state index contributed by atoms with van der Waals surface area (Å²) >= 11 is 0. The smallest absolute Gasteiger partial charge is 0.146 e. The molecule has 64 valence electrons. The Labute approximate surface area is 67.0 Å². The zero-order chi connectivity index (χ0) is 8.69. The Balaban J connectivity index is 3.14. The highest BCUT2D eigenvalue weighted by molar-refractivity contribution is 5.80. The summed E-state index contributed by atoms with van der Waals surface area (Å²) in [4.78, 5) is 21.1. The molecule has 0 saturated carbocycles. The second-order valence-corrected chi connectivity index (χ2v) is 2.65. The van der Waals surface area contributed by atoms with Gasteiger partial charge in [-0.2, -0.15) is 0 Å². The van der Waals surface area contributed by atoms with Crippen molar-refractivity contribution in [2.45, 2.75) is 32.6 Å². The highest BCUT2D eigenvalue weighted by atomic mass is 16.1. The van der Waals surface area contributed by atoms with E-state index in [2.05, 4.69) is 0 Å². The molecule has 3 heteroatoms. The van der Waals surface area contributed by atoms with Crippen molar-refractivity contribution in [1.29, 1.82) is 0 Å². The van der Waals surface area contributed by atoms with E-state index < -0.39 is 0 Å². The highest BCUT2D eigenvalue weighted by Gasteiger charge is 1.98. The van der Waals surface area contributed by atoms with E-state index in [0.29, 0.717) is 12.8 Å². The van der Waals surface area contributed by atoms with Gasteiger partial charge in [0.2, 0.25) is 0 Å². The van der Waals surface area contributed by atoms with Crippen molar-refractivity contribution in [2.24, 2.45) is 5.73 Å². The minimum absolute atomic E-state index is 0.0774. The SMILES string of the molecule is CC(=O)CCCCC(=O)CN. The van der Waals surface area contributed by atoms with E-state index in [1.807, 2.05) is 0 Å². The minimum Gasteiger partial charge on any atom is -0.324 e. The van der Waals surface area contributed by atoms with Crippen LogP contribution in [0.1, 0.15) is 32.6 Å². The lowest BCUT2D eigenvalue weighted by Gasteiger charge is -1.95. The number of carbonyl (C=O) groups excluding carboxylic acids is 2. The molecule has 0 fully saturated rings. The standard InChI is InChI=1S/C8H15NO2/c1-7(10)4-2-3-5-8(11)6-9/h2-6,9H2,1H3. The van der Waals surface area contributed by atoms with Crippen LogP contribution in [0.3, 0.4) is 0 Å². The molecule has 0 saturated heterocycles.